The van der Waals surface area contributed by atoms with E-state index in [9.17, 15) is 0 Å². The lowest BCUT2D eigenvalue weighted by Gasteiger charge is -2.14. The summed E-state index contributed by atoms with van der Waals surface area (Å²) < 4.78 is 0. The second-order valence-corrected chi connectivity index (χ2v) is 5.22. The van der Waals surface area contributed by atoms with Crippen LogP contribution in [-0.2, 0) is 6.54 Å². The van der Waals surface area contributed by atoms with Crippen LogP contribution in [0.25, 0.3) is 0 Å². The molecule has 0 atom stereocenters. The van der Waals surface area contributed by atoms with E-state index in [1.807, 2.05) is 0 Å². The third-order valence-corrected chi connectivity index (χ3v) is 3.43. The molecular weight excluding hydrogens is 232 g/mol. The molecule has 1 N–H and O–H groups in total. The molecule has 2 aromatic rings. The van der Waals surface area contributed by atoms with E-state index in [1.54, 1.807) is 0 Å². The summed E-state index contributed by atoms with van der Waals surface area (Å²) in [6.45, 7) is 5.16. The van der Waals surface area contributed by atoms with Crippen LogP contribution in [0.3, 0.4) is 0 Å². The Morgan fingerprint density at radius 1 is 0.947 bits per heavy atom. The minimum atomic E-state index is 0.859. The first-order valence-electron chi connectivity index (χ1n) is 6.63. The molecule has 0 saturated carbocycles. The molecule has 0 spiro atoms. The summed E-state index contributed by atoms with van der Waals surface area (Å²) in [6, 6.07) is 15.1. The van der Waals surface area contributed by atoms with Gasteiger partial charge in [0.05, 0.1) is 0 Å². The number of anilines is 2. The molecule has 0 aliphatic heterocycles. The van der Waals surface area contributed by atoms with Crippen molar-refractivity contribution in [3.05, 3.63) is 59.2 Å². The van der Waals surface area contributed by atoms with Crippen molar-refractivity contribution in [3.8, 4) is 0 Å². The summed E-state index contributed by atoms with van der Waals surface area (Å²) in [4.78, 5) is 2.11. The van der Waals surface area contributed by atoms with E-state index in [0.29, 0.717) is 0 Å². The number of rotatable bonds is 4. The standard InChI is InChI=1S/C17H22N2/c1-13-8-9-15(10-14(13)2)12-18-16-6-5-7-17(11-16)19(3)4/h5-11,18H,12H2,1-4H3. The van der Waals surface area contributed by atoms with E-state index in [0.717, 1.165) is 12.2 Å². The lowest BCUT2D eigenvalue weighted by molar-refractivity contribution is 1.11. The van der Waals surface area contributed by atoms with Crippen molar-refractivity contribution < 1.29 is 0 Å². The van der Waals surface area contributed by atoms with Gasteiger partial charge in [0.1, 0.15) is 0 Å². The van der Waals surface area contributed by atoms with Gasteiger partial charge in [-0.15, -0.1) is 0 Å². The third kappa shape index (κ3) is 3.50. The third-order valence-electron chi connectivity index (χ3n) is 3.43. The molecule has 0 aliphatic carbocycles. The van der Waals surface area contributed by atoms with Crippen LogP contribution in [-0.4, -0.2) is 14.1 Å². The predicted molar refractivity (Wildman–Crippen MR) is 84.0 cm³/mol. The molecule has 0 bridgehead atoms. The average Bonchev–Trinajstić information content (AvgIpc) is 2.40. The van der Waals surface area contributed by atoms with Crippen molar-refractivity contribution >= 4 is 11.4 Å². The van der Waals surface area contributed by atoms with Crippen molar-refractivity contribution in [1.82, 2.24) is 0 Å². The van der Waals surface area contributed by atoms with Gasteiger partial charge in [-0.05, 0) is 48.7 Å². The molecule has 0 aromatic heterocycles. The van der Waals surface area contributed by atoms with Gasteiger partial charge >= 0.3 is 0 Å². The summed E-state index contributed by atoms with van der Waals surface area (Å²) in [5, 5.41) is 3.48. The summed E-state index contributed by atoms with van der Waals surface area (Å²) in [7, 11) is 4.12. The van der Waals surface area contributed by atoms with Gasteiger partial charge in [0.15, 0.2) is 0 Å². The fourth-order valence-electron chi connectivity index (χ4n) is 2.01. The van der Waals surface area contributed by atoms with Crippen LogP contribution in [0.2, 0.25) is 0 Å². The Kier molecular flexibility index (Phi) is 4.10. The molecule has 2 rings (SSSR count). The highest BCUT2D eigenvalue weighted by molar-refractivity contribution is 5.57. The minimum Gasteiger partial charge on any atom is -0.381 e. The quantitative estimate of drug-likeness (QED) is 0.887. The van der Waals surface area contributed by atoms with Crippen LogP contribution >= 0.6 is 0 Å². The maximum absolute atomic E-state index is 3.48. The van der Waals surface area contributed by atoms with E-state index in [1.165, 1.54) is 22.4 Å². The molecule has 0 saturated heterocycles. The van der Waals surface area contributed by atoms with E-state index >= 15 is 0 Å². The first-order valence-corrected chi connectivity index (χ1v) is 6.63. The monoisotopic (exact) mass is 254 g/mol. The molecule has 0 aliphatic rings. The van der Waals surface area contributed by atoms with E-state index in [4.69, 9.17) is 0 Å². The molecule has 19 heavy (non-hydrogen) atoms. The van der Waals surface area contributed by atoms with Crippen LogP contribution in [0.15, 0.2) is 42.5 Å². The highest BCUT2D eigenvalue weighted by Crippen LogP contribution is 2.18. The minimum absolute atomic E-state index is 0.859. The smallest absolute Gasteiger partial charge is 0.0400 e. The Labute approximate surface area is 116 Å². The first kappa shape index (κ1) is 13.5. The topological polar surface area (TPSA) is 15.3 Å². The SMILES string of the molecule is Cc1ccc(CNc2cccc(N(C)C)c2)cc1C. The largest absolute Gasteiger partial charge is 0.381 e. The van der Waals surface area contributed by atoms with Gasteiger partial charge in [-0.1, -0.05) is 24.3 Å². The van der Waals surface area contributed by atoms with Gasteiger partial charge in [-0.2, -0.15) is 0 Å². The zero-order chi connectivity index (χ0) is 13.8. The van der Waals surface area contributed by atoms with Crippen LogP contribution in [0, 0.1) is 13.8 Å². The van der Waals surface area contributed by atoms with E-state index in [-0.39, 0.29) is 0 Å². The summed E-state index contributed by atoms with van der Waals surface area (Å²) in [5.74, 6) is 0. The molecule has 0 amide bonds. The number of hydrogen-bond donors (Lipinski definition) is 1. The van der Waals surface area contributed by atoms with Crippen molar-refractivity contribution in [3.63, 3.8) is 0 Å². The summed E-state index contributed by atoms with van der Waals surface area (Å²) >= 11 is 0. The van der Waals surface area contributed by atoms with Gasteiger partial charge in [0.2, 0.25) is 0 Å². The molecule has 0 unspecified atom stereocenters. The molecule has 100 valence electrons. The Balaban J connectivity index is 2.05. The lowest BCUT2D eigenvalue weighted by Crippen LogP contribution is -2.09. The number of nitrogens with zero attached hydrogens (tertiary/aromatic N) is 1. The zero-order valence-electron chi connectivity index (χ0n) is 12.2. The molecular formula is C17H22N2. The van der Waals surface area contributed by atoms with Gasteiger partial charge in [0, 0.05) is 32.0 Å². The fraction of sp³-hybridized carbons (Fsp3) is 0.294. The average molecular weight is 254 g/mol. The van der Waals surface area contributed by atoms with Crippen molar-refractivity contribution in [1.29, 1.82) is 0 Å². The molecule has 2 aromatic carbocycles. The molecule has 0 radical (unpaired) electrons. The maximum Gasteiger partial charge on any atom is 0.0400 e. The van der Waals surface area contributed by atoms with Gasteiger partial charge in [-0.3, -0.25) is 0 Å². The molecule has 2 heteroatoms. The van der Waals surface area contributed by atoms with Gasteiger partial charge in [-0.25, -0.2) is 0 Å². The molecule has 0 fully saturated rings. The molecule has 2 nitrogen and oxygen atoms in total. The van der Waals surface area contributed by atoms with Gasteiger partial charge < -0.3 is 10.2 Å². The van der Waals surface area contributed by atoms with Crippen LogP contribution < -0.4 is 10.2 Å². The van der Waals surface area contributed by atoms with Crippen LogP contribution in [0.1, 0.15) is 16.7 Å². The highest BCUT2D eigenvalue weighted by Gasteiger charge is 1.99. The van der Waals surface area contributed by atoms with Crippen LogP contribution in [0.5, 0.6) is 0 Å². The maximum atomic E-state index is 3.48. The number of hydrogen-bond acceptors (Lipinski definition) is 2. The zero-order valence-corrected chi connectivity index (χ0v) is 12.2. The number of aryl methyl sites for hydroxylation is 2. The summed E-state index contributed by atoms with van der Waals surface area (Å²) in [5.41, 5.74) is 6.38. The van der Waals surface area contributed by atoms with E-state index < -0.39 is 0 Å². The van der Waals surface area contributed by atoms with Gasteiger partial charge in [0.25, 0.3) is 0 Å². The predicted octanol–water partition coefficient (Wildman–Crippen LogP) is 3.98. The van der Waals surface area contributed by atoms with Crippen molar-refractivity contribution in [2.24, 2.45) is 0 Å². The number of benzene rings is 2. The Morgan fingerprint density at radius 3 is 2.42 bits per heavy atom. The Hall–Kier alpha value is -1.96. The Bertz CT molecular complexity index is 559. The fourth-order valence-corrected chi connectivity index (χ4v) is 2.01. The van der Waals surface area contributed by atoms with Crippen molar-refractivity contribution in [2.45, 2.75) is 20.4 Å². The lowest BCUT2D eigenvalue weighted by atomic mass is 10.1. The highest BCUT2D eigenvalue weighted by atomic mass is 15.1. The van der Waals surface area contributed by atoms with E-state index in [2.05, 4.69) is 80.6 Å². The van der Waals surface area contributed by atoms with Crippen molar-refractivity contribution in [2.75, 3.05) is 24.3 Å². The summed E-state index contributed by atoms with van der Waals surface area (Å²) in [6.07, 6.45) is 0. The second kappa shape index (κ2) is 5.79. The number of nitrogens with one attached hydrogen (secondary N) is 1. The Morgan fingerprint density at radius 2 is 1.74 bits per heavy atom. The normalized spacial score (nSPS) is 10.3. The second-order valence-electron chi connectivity index (χ2n) is 5.22. The molecule has 0 heterocycles. The first-order chi connectivity index (χ1) is 9.06. The van der Waals surface area contributed by atoms with Crippen LogP contribution in [0.4, 0.5) is 11.4 Å².